The maximum atomic E-state index is 12.2. The molecule has 0 spiro atoms. The molecule has 0 bridgehead atoms. The van der Waals surface area contributed by atoms with E-state index in [2.05, 4.69) is 21.3 Å². The van der Waals surface area contributed by atoms with Crippen molar-refractivity contribution in [2.75, 3.05) is 25.0 Å². The second kappa shape index (κ2) is 7.20. The third-order valence-electron chi connectivity index (χ3n) is 4.07. The number of para-hydroxylation sites is 1. The molecule has 3 rings (SSSR count). The monoisotopic (exact) mass is 307 g/mol. The van der Waals surface area contributed by atoms with Gasteiger partial charge >= 0.3 is 0 Å². The highest BCUT2D eigenvalue weighted by atomic mass is 16.2. The van der Waals surface area contributed by atoms with Gasteiger partial charge in [-0.25, -0.2) is 0 Å². The number of benzene rings is 1. The molecule has 0 radical (unpaired) electrons. The second-order valence-corrected chi connectivity index (χ2v) is 5.79. The van der Waals surface area contributed by atoms with Gasteiger partial charge in [0.25, 0.3) is 0 Å². The maximum Gasteiger partial charge on any atom is 0.238 e. The average Bonchev–Trinajstić information content (AvgIpc) is 2.58. The summed E-state index contributed by atoms with van der Waals surface area (Å²) in [7, 11) is 0. The SMILES string of the molecule is Cc1ccccc1NC(=O)CN1CC=C(c2ccccn2)CC1. The van der Waals surface area contributed by atoms with Crippen molar-refractivity contribution in [1.29, 1.82) is 0 Å². The van der Waals surface area contributed by atoms with E-state index in [-0.39, 0.29) is 5.91 Å². The number of hydrogen-bond acceptors (Lipinski definition) is 3. The fourth-order valence-electron chi connectivity index (χ4n) is 2.75. The fourth-order valence-corrected chi connectivity index (χ4v) is 2.75. The number of rotatable bonds is 4. The molecule has 2 aromatic rings. The molecule has 0 saturated heterocycles. The van der Waals surface area contributed by atoms with E-state index < -0.39 is 0 Å². The Bertz CT molecular complexity index is 710. The van der Waals surface area contributed by atoms with Crippen molar-refractivity contribution in [1.82, 2.24) is 9.88 Å². The lowest BCUT2D eigenvalue weighted by Crippen LogP contribution is -2.36. The first-order valence-corrected chi connectivity index (χ1v) is 7.90. The van der Waals surface area contributed by atoms with Crippen LogP contribution in [0.4, 0.5) is 5.69 Å². The van der Waals surface area contributed by atoms with Gasteiger partial charge in [0.15, 0.2) is 0 Å². The molecule has 1 aromatic carbocycles. The molecule has 4 nitrogen and oxygen atoms in total. The van der Waals surface area contributed by atoms with Crippen LogP contribution in [0.3, 0.4) is 0 Å². The molecule has 1 aromatic heterocycles. The van der Waals surface area contributed by atoms with E-state index in [9.17, 15) is 4.79 Å². The molecule has 0 unspecified atom stereocenters. The number of aryl methyl sites for hydroxylation is 1. The fraction of sp³-hybridized carbons (Fsp3) is 0.263. The third-order valence-corrected chi connectivity index (χ3v) is 4.07. The van der Waals surface area contributed by atoms with Gasteiger partial charge in [0, 0.05) is 25.0 Å². The normalized spacial score (nSPS) is 15.1. The lowest BCUT2D eigenvalue weighted by molar-refractivity contribution is -0.117. The smallest absolute Gasteiger partial charge is 0.238 e. The van der Waals surface area contributed by atoms with Crippen molar-refractivity contribution >= 4 is 17.2 Å². The summed E-state index contributed by atoms with van der Waals surface area (Å²) in [6, 6.07) is 13.8. The Morgan fingerprint density at radius 2 is 2.04 bits per heavy atom. The summed E-state index contributed by atoms with van der Waals surface area (Å²) in [6.07, 6.45) is 4.92. The molecule has 1 N–H and O–H groups in total. The number of nitrogens with zero attached hydrogens (tertiary/aromatic N) is 2. The summed E-state index contributed by atoms with van der Waals surface area (Å²) in [5.41, 5.74) is 4.27. The van der Waals surface area contributed by atoms with Gasteiger partial charge in [-0.2, -0.15) is 0 Å². The molecule has 1 aliphatic rings. The van der Waals surface area contributed by atoms with Crippen LogP contribution in [0.15, 0.2) is 54.7 Å². The summed E-state index contributed by atoms with van der Waals surface area (Å²) in [5, 5.41) is 2.99. The van der Waals surface area contributed by atoms with Crippen LogP contribution in [0.1, 0.15) is 17.7 Å². The zero-order chi connectivity index (χ0) is 16.1. The van der Waals surface area contributed by atoms with Gasteiger partial charge in [-0.05, 0) is 42.7 Å². The first-order valence-electron chi connectivity index (χ1n) is 7.90. The van der Waals surface area contributed by atoms with E-state index in [0.717, 1.165) is 36.5 Å². The van der Waals surface area contributed by atoms with Crippen molar-refractivity contribution in [2.45, 2.75) is 13.3 Å². The number of amides is 1. The number of carbonyl (C=O) groups is 1. The highest BCUT2D eigenvalue weighted by molar-refractivity contribution is 5.93. The quantitative estimate of drug-likeness (QED) is 0.944. The Balaban J connectivity index is 1.55. The van der Waals surface area contributed by atoms with Crippen LogP contribution in [0, 0.1) is 6.92 Å². The molecule has 0 aliphatic carbocycles. The number of pyridine rings is 1. The van der Waals surface area contributed by atoms with E-state index >= 15 is 0 Å². The van der Waals surface area contributed by atoms with Crippen molar-refractivity contribution in [3.05, 3.63) is 66.0 Å². The second-order valence-electron chi connectivity index (χ2n) is 5.79. The van der Waals surface area contributed by atoms with Gasteiger partial charge in [-0.15, -0.1) is 0 Å². The van der Waals surface area contributed by atoms with Crippen LogP contribution in [0.25, 0.3) is 5.57 Å². The highest BCUT2D eigenvalue weighted by Crippen LogP contribution is 2.20. The Kier molecular flexibility index (Phi) is 4.83. The van der Waals surface area contributed by atoms with Gasteiger partial charge in [0.1, 0.15) is 0 Å². The first kappa shape index (κ1) is 15.4. The van der Waals surface area contributed by atoms with E-state index in [1.165, 1.54) is 5.57 Å². The van der Waals surface area contributed by atoms with Crippen LogP contribution in [0.5, 0.6) is 0 Å². The number of aromatic nitrogens is 1. The number of nitrogens with one attached hydrogen (secondary N) is 1. The number of hydrogen-bond donors (Lipinski definition) is 1. The van der Waals surface area contributed by atoms with Gasteiger partial charge < -0.3 is 5.32 Å². The Morgan fingerprint density at radius 1 is 1.22 bits per heavy atom. The topological polar surface area (TPSA) is 45.2 Å². The summed E-state index contributed by atoms with van der Waals surface area (Å²) >= 11 is 0. The van der Waals surface area contributed by atoms with Crippen molar-refractivity contribution in [3.63, 3.8) is 0 Å². The molecule has 1 amide bonds. The summed E-state index contributed by atoms with van der Waals surface area (Å²) in [5.74, 6) is 0.0361. The lowest BCUT2D eigenvalue weighted by Gasteiger charge is -2.25. The molecule has 1 aliphatic heterocycles. The van der Waals surface area contributed by atoms with E-state index in [1.54, 1.807) is 0 Å². The molecule has 4 heteroatoms. The minimum absolute atomic E-state index is 0.0361. The molecule has 0 fully saturated rings. The van der Waals surface area contributed by atoms with Crippen LogP contribution >= 0.6 is 0 Å². The Hall–Kier alpha value is -2.46. The molecule has 0 saturated carbocycles. The molecule has 2 heterocycles. The van der Waals surface area contributed by atoms with Crippen LogP contribution < -0.4 is 5.32 Å². The Morgan fingerprint density at radius 3 is 2.74 bits per heavy atom. The minimum Gasteiger partial charge on any atom is -0.325 e. The molecule has 118 valence electrons. The summed E-state index contributed by atoms with van der Waals surface area (Å²) in [4.78, 5) is 18.7. The van der Waals surface area contributed by atoms with Gasteiger partial charge in [0.05, 0.1) is 12.2 Å². The highest BCUT2D eigenvalue weighted by Gasteiger charge is 2.16. The van der Waals surface area contributed by atoms with E-state index in [1.807, 2.05) is 55.6 Å². The maximum absolute atomic E-state index is 12.2. The van der Waals surface area contributed by atoms with Gasteiger partial charge in [-0.3, -0.25) is 14.7 Å². The Labute approximate surface area is 136 Å². The lowest BCUT2D eigenvalue weighted by atomic mass is 10.0. The zero-order valence-corrected chi connectivity index (χ0v) is 13.3. The predicted molar refractivity (Wildman–Crippen MR) is 93.1 cm³/mol. The van der Waals surface area contributed by atoms with Crippen LogP contribution in [-0.4, -0.2) is 35.4 Å². The van der Waals surface area contributed by atoms with Crippen molar-refractivity contribution in [3.8, 4) is 0 Å². The minimum atomic E-state index is 0.0361. The van der Waals surface area contributed by atoms with E-state index in [4.69, 9.17) is 0 Å². The number of anilines is 1. The molecule has 0 atom stereocenters. The molecular formula is C19H21N3O. The summed E-state index contributed by atoms with van der Waals surface area (Å²) < 4.78 is 0. The standard InChI is InChI=1S/C19H21N3O/c1-15-6-2-3-7-17(15)21-19(23)14-22-12-9-16(10-13-22)18-8-4-5-11-20-18/h2-9,11H,10,12-14H2,1H3,(H,21,23). The largest absolute Gasteiger partial charge is 0.325 e. The average molecular weight is 307 g/mol. The molecule has 23 heavy (non-hydrogen) atoms. The van der Waals surface area contributed by atoms with Crippen LogP contribution in [0.2, 0.25) is 0 Å². The van der Waals surface area contributed by atoms with Crippen molar-refractivity contribution < 1.29 is 4.79 Å². The predicted octanol–water partition coefficient (Wildman–Crippen LogP) is 3.12. The van der Waals surface area contributed by atoms with Crippen LogP contribution in [-0.2, 0) is 4.79 Å². The van der Waals surface area contributed by atoms with E-state index in [0.29, 0.717) is 6.54 Å². The number of carbonyl (C=O) groups excluding carboxylic acids is 1. The van der Waals surface area contributed by atoms with Gasteiger partial charge in [-0.1, -0.05) is 30.3 Å². The van der Waals surface area contributed by atoms with Crippen molar-refractivity contribution in [2.24, 2.45) is 0 Å². The first-order chi connectivity index (χ1) is 11.2. The summed E-state index contributed by atoms with van der Waals surface area (Å²) in [6.45, 7) is 4.08. The third kappa shape index (κ3) is 4.05. The van der Waals surface area contributed by atoms with Gasteiger partial charge in [0.2, 0.25) is 5.91 Å². The molecular weight excluding hydrogens is 286 g/mol. The zero-order valence-electron chi connectivity index (χ0n) is 13.3.